The molecule has 2 saturated carbocycles. The van der Waals surface area contributed by atoms with Crippen molar-refractivity contribution < 1.29 is 4.79 Å². The fourth-order valence-corrected chi connectivity index (χ4v) is 4.36. The first-order chi connectivity index (χ1) is 10.3. The Morgan fingerprint density at radius 3 is 2.32 bits per heavy atom. The van der Waals surface area contributed by atoms with Crippen LogP contribution in [0.25, 0.3) is 6.08 Å². The molecule has 0 N–H and O–H groups in total. The van der Waals surface area contributed by atoms with Gasteiger partial charge in [0.25, 0.3) is 0 Å². The predicted molar refractivity (Wildman–Crippen MR) is 91.4 cm³/mol. The van der Waals surface area contributed by atoms with Gasteiger partial charge in [0.05, 0.1) is 0 Å². The summed E-state index contributed by atoms with van der Waals surface area (Å²) in [6.07, 6.45) is 4.33. The third-order valence-electron chi connectivity index (χ3n) is 6.17. The van der Waals surface area contributed by atoms with Gasteiger partial charge in [-0.15, -0.1) is 0 Å². The summed E-state index contributed by atoms with van der Waals surface area (Å²) in [6.45, 7) is 7.65. The van der Waals surface area contributed by atoms with Crippen molar-refractivity contribution in [2.24, 2.45) is 16.7 Å². The molecule has 0 saturated heterocycles. The summed E-state index contributed by atoms with van der Waals surface area (Å²) in [5.41, 5.74) is 3.45. The topological polar surface area (TPSA) is 20.3 Å². The molecular formula is C20H27NO. The van der Waals surface area contributed by atoms with E-state index in [9.17, 15) is 4.79 Å². The quantitative estimate of drug-likeness (QED) is 0.781. The first-order valence-corrected chi connectivity index (χ1v) is 8.26. The van der Waals surface area contributed by atoms with Crippen molar-refractivity contribution in [3.63, 3.8) is 0 Å². The van der Waals surface area contributed by atoms with Crippen LogP contribution in [0.5, 0.6) is 0 Å². The molecule has 1 aromatic rings. The Balaban J connectivity index is 1.89. The number of ketones is 1. The minimum absolute atomic E-state index is 0.0980. The molecule has 2 fully saturated rings. The molecule has 2 atom stereocenters. The number of nitrogens with zero attached hydrogens (tertiary/aromatic N) is 1. The molecular weight excluding hydrogens is 270 g/mol. The van der Waals surface area contributed by atoms with Gasteiger partial charge in [0.2, 0.25) is 0 Å². The van der Waals surface area contributed by atoms with Crippen molar-refractivity contribution >= 4 is 11.9 Å². The molecule has 0 radical (unpaired) electrons. The van der Waals surface area contributed by atoms with Gasteiger partial charge in [0.1, 0.15) is 0 Å². The molecule has 3 rings (SSSR count). The first kappa shape index (κ1) is 15.5. The van der Waals surface area contributed by atoms with E-state index >= 15 is 0 Å². The summed E-state index contributed by atoms with van der Waals surface area (Å²) in [6, 6.07) is 8.61. The number of carbonyl (C=O) groups excluding carboxylic acids is 1. The summed E-state index contributed by atoms with van der Waals surface area (Å²) in [7, 11) is 4.15. The van der Waals surface area contributed by atoms with E-state index in [2.05, 4.69) is 70.1 Å². The summed E-state index contributed by atoms with van der Waals surface area (Å²) >= 11 is 0. The van der Waals surface area contributed by atoms with Gasteiger partial charge in [0.15, 0.2) is 5.78 Å². The van der Waals surface area contributed by atoms with E-state index in [-0.39, 0.29) is 10.8 Å². The van der Waals surface area contributed by atoms with Crippen LogP contribution in [0, 0.1) is 16.7 Å². The zero-order valence-electron chi connectivity index (χ0n) is 14.4. The van der Waals surface area contributed by atoms with E-state index in [4.69, 9.17) is 0 Å². The Morgan fingerprint density at radius 2 is 1.82 bits per heavy atom. The number of Topliss-reactive ketones (excluding diaryl/α,β-unsaturated/α-hetero) is 1. The van der Waals surface area contributed by atoms with Crippen LogP contribution in [0.3, 0.4) is 0 Å². The second-order valence-corrected chi connectivity index (χ2v) is 8.05. The van der Waals surface area contributed by atoms with Crippen molar-refractivity contribution in [3.8, 4) is 0 Å². The fraction of sp³-hybridized carbons (Fsp3) is 0.550. The van der Waals surface area contributed by atoms with Gasteiger partial charge in [-0.1, -0.05) is 45.0 Å². The molecule has 1 aromatic carbocycles. The van der Waals surface area contributed by atoms with Crippen molar-refractivity contribution in [1.29, 1.82) is 0 Å². The van der Waals surface area contributed by atoms with Crippen LogP contribution in [0.1, 0.15) is 44.7 Å². The van der Waals surface area contributed by atoms with Gasteiger partial charge >= 0.3 is 0 Å². The molecule has 2 aliphatic carbocycles. The highest BCUT2D eigenvalue weighted by Crippen LogP contribution is 2.65. The van der Waals surface area contributed by atoms with Gasteiger partial charge in [-0.05, 0) is 61.0 Å². The Bertz CT molecular complexity index is 624. The lowest BCUT2D eigenvalue weighted by atomic mass is 9.70. The van der Waals surface area contributed by atoms with Crippen molar-refractivity contribution in [1.82, 2.24) is 4.90 Å². The van der Waals surface area contributed by atoms with Gasteiger partial charge in [-0.3, -0.25) is 4.79 Å². The SMILES string of the molecule is CN(C)Cc1ccc(/C=C2\C(=O)C3(C)CCC2C3(C)C)cc1. The van der Waals surface area contributed by atoms with E-state index in [0.717, 1.165) is 30.5 Å². The molecule has 0 amide bonds. The zero-order chi connectivity index (χ0) is 16.1. The molecule has 22 heavy (non-hydrogen) atoms. The minimum atomic E-state index is -0.158. The smallest absolute Gasteiger partial charge is 0.165 e. The molecule has 0 aromatic heterocycles. The van der Waals surface area contributed by atoms with Gasteiger partial charge < -0.3 is 4.90 Å². The lowest BCUT2D eigenvalue weighted by molar-refractivity contribution is -0.125. The van der Waals surface area contributed by atoms with Gasteiger partial charge in [0, 0.05) is 12.0 Å². The standard InChI is InChI=1S/C20H27NO/c1-19(2)17-10-11-20(19,3)18(22)16(17)12-14-6-8-15(9-7-14)13-21(4)5/h6-9,12,17H,10-11,13H2,1-5H3/b16-12-. The molecule has 2 aliphatic rings. The van der Waals surface area contributed by atoms with Crippen molar-refractivity contribution in [2.75, 3.05) is 14.1 Å². The first-order valence-electron chi connectivity index (χ1n) is 8.26. The van der Waals surface area contributed by atoms with Crippen LogP contribution in [0.15, 0.2) is 29.8 Å². The van der Waals surface area contributed by atoms with Crippen LogP contribution in [-0.4, -0.2) is 24.8 Å². The summed E-state index contributed by atoms with van der Waals surface area (Å²) < 4.78 is 0. The molecule has 0 aliphatic heterocycles. The summed E-state index contributed by atoms with van der Waals surface area (Å²) in [4.78, 5) is 15.0. The number of hydrogen-bond acceptors (Lipinski definition) is 2. The van der Waals surface area contributed by atoms with Gasteiger partial charge in [-0.25, -0.2) is 0 Å². The Kier molecular flexibility index (Phi) is 3.56. The van der Waals surface area contributed by atoms with E-state index in [1.54, 1.807) is 0 Å². The lowest BCUT2D eigenvalue weighted by Crippen LogP contribution is -2.32. The maximum atomic E-state index is 12.8. The van der Waals surface area contributed by atoms with Crippen LogP contribution in [0.2, 0.25) is 0 Å². The Hall–Kier alpha value is -1.41. The van der Waals surface area contributed by atoms with E-state index in [0.29, 0.717) is 11.7 Å². The largest absolute Gasteiger partial charge is 0.305 e. The number of benzene rings is 1. The highest BCUT2D eigenvalue weighted by atomic mass is 16.1. The summed E-state index contributed by atoms with van der Waals surface area (Å²) in [5.74, 6) is 0.803. The number of fused-ring (bicyclic) bond motifs is 2. The normalized spacial score (nSPS) is 31.5. The van der Waals surface area contributed by atoms with Crippen LogP contribution in [-0.2, 0) is 11.3 Å². The monoisotopic (exact) mass is 297 g/mol. The summed E-state index contributed by atoms with van der Waals surface area (Å²) in [5, 5.41) is 0. The lowest BCUT2D eigenvalue weighted by Gasteiger charge is -2.31. The molecule has 2 nitrogen and oxygen atoms in total. The second-order valence-electron chi connectivity index (χ2n) is 8.05. The predicted octanol–water partition coefficient (Wildman–Crippen LogP) is 4.16. The zero-order valence-corrected chi connectivity index (χ0v) is 14.4. The molecule has 0 spiro atoms. The highest BCUT2D eigenvalue weighted by molar-refractivity contribution is 6.07. The van der Waals surface area contributed by atoms with Gasteiger partial charge in [-0.2, -0.15) is 0 Å². The fourth-order valence-electron chi connectivity index (χ4n) is 4.36. The molecule has 2 unspecified atom stereocenters. The third kappa shape index (κ3) is 2.16. The maximum Gasteiger partial charge on any atom is 0.165 e. The van der Waals surface area contributed by atoms with Crippen LogP contribution >= 0.6 is 0 Å². The van der Waals surface area contributed by atoms with E-state index < -0.39 is 0 Å². The average Bonchev–Trinajstić information content (AvgIpc) is 2.75. The number of rotatable bonds is 3. The Labute approximate surface area is 134 Å². The van der Waals surface area contributed by atoms with Crippen molar-refractivity contribution in [3.05, 3.63) is 41.0 Å². The van der Waals surface area contributed by atoms with E-state index in [1.165, 1.54) is 5.56 Å². The number of hydrogen-bond donors (Lipinski definition) is 0. The molecule has 2 heteroatoms. The average molecular weight is 297 g/mol. The highest BCUT2D eigenvalue weighted by Gasteiger charge is 2.63. The minimum Gasteiger partial charge on any atom is -0.305 e. The van der Waals surface area contributed by atoms with Crippen LogP contribution in [0.4, 0.5) is 0 Å². The number of carbonyl (C=O) groups is 1. The van der Waals surface area contributed by atoms with Crippen LogP contribution < -0.4 is 0 Å². The molecule has 118 valence electrons. The number of allylic oxidation sites excluding steroid dienone is 1. The Morgan fingerprint density at radius 1 is 1.18 bits per heavy atom. The molecule has 2 bridgehead atoms. The molecule has 0 heterocycles. The second kappa shape index (κ2) is 5.06. The third-order valence-corrected chi connectivity index (χ3v) is 6.17. The van der Waals surface area contributed by atoms with E-state index in [1.807, 2.05) is 0 Å². The van der Waals surface area contributed by atoms with Crippen molar-refractivity contribution in [2.45, 2.75) is 40.2 Å². The maximum absolute atomic E-state index is 12.8.